The molecule has 1 aliphatic heterocycles. The molecule has 1 saturated heterocycles. The Labute approximate surface area is 90.8 Å². The topological polar surface area (TPSA) is 36.4 Å². The summed E-state index contributed by atoms with van der Waals surface area (Å²) in [6.07, 6.45) is 4.33. The van der Waals surface area contributed by atoms with E-state index in [1.165, 1.54) is 5.56 Å². The van der Waals surface area contributed by atoms with Gasteiger partial charge < -0.3 is 5.11 Å². The first kappa shape index (κ1) is 10.6. The maximum Gasteiger partial charge on any atom is 0.0730 e. The Morgan fingerprint density at radius 2 is 2.40 bits per heavy atom. The van der Waals surface area contributed by atoms with E-state index in [4.69, 9.17) is 0 Å². The van der Waals surface area contributed by atoms with E-state index in [2.05, 4.69) is 29.8 Å². The van der Waals surface area contributed by atoms with Gasteiger partial charge in [0.05, 0.1) is 6.10 Å². The van der Waals surface area contributed by atoms with Crippen molar-refractivity contribution in [1.29, 1.82) is 0 Å². The minimum Gasteiger partial charge on any atom is -0.391 e. The monoisotopic (exact) mass is 206 g/mol. The maximum atomic E-state index is 9.85. The normalized spacial score (nSPS) is 25.7. The third kappa shape index (κ3) is 2.03. The molecule has 0 saturated carbocycles. The van der Waals surface area contributed by atoms with E-state index in [0.29, 0.717) is 0 Å². The molecular formula is C12H18N2O. The number of nitrogens with zero attached hydrogens (tertiary/aromatic N) is 2. The lowest BCUT2D eigenvalue weighted by Gasteiger charge is -2.33. The number of hydrogen-bond acceptors (Lipinski definition) is 3. The van der Waals surface area contributed by atoms with E-state index in [9.17, 15) is 5.11 Å². The average Bonchev–Trinajstić information content (AvgIpc) is 2.47. The van der Waals surface area contributed by atoms with Gasteiger partial charge in [-0.2, -0.15) is 0 Å². The highest BCUT2D eigenvalue weighted by molar-refractivity contribution is 5.10. The molecule has 82 valence electrons. The lowest BCUT2D eigenvalue weighted by atomic mass is 9.98. The van der Waals surface area contributed by atoms with Crippen LogP contribution in [-0.2, 0) is 6.54 Å². The SMILES string of the molecule is CC1(C)C(O)CCN1Cc1cccnc1. The number of aliphatic hydroxyl groups excluding tert-OH is 1. The van der Waals surface area contributed by atoms with E-state index in [1.807, 2.05) is 12.3 Å². The fraction of sp³-hybridized carbons (Fsp3) is 0.583. The predicted molar refractivity (Wildman–Crippen MR) is 59.3 cm³/mol. The summed E-state index contributed by atoms with van der Waals surface area (Å²) in [5.74, 6) is 0. The fourth-order valence-corrected chi connectivity index (χ4v) is 2.13. The summed E-state index contributed by atoms with van der Waals surface area (Å²) >= 11 is 0. The molecule has 0 radical (unpaired) electrons. The van der Waals surface area contributed by atoms with Gasteiger partial charge in [0.1, 0.15) is 0 Å². The van der Waals surface area contributed by atoms with Crippen LogP contribution < -0.4 is 0 Å². The standard InChI is InChI=1S/C12H18N2O/c1-12(2)11(15)5-7-14(12)9-10-4-3-6-13-8-10/h3-4,6,8,11,15H,5,7,9H2,1-2H3. The first-order chi connectivity index (χ1) is 7.10. The third-order valence-electron chi connectivity index (χ3n) is 3.40. The van der Waals surface area contributed by atoms with Crippen molar-refractivity contribution in [2.45, 2.75) is 38.5 Å². The van der Waals surface area contributed by atoms with Crippen LogP contribution in [0.1, 0.15) is 25.8 Å². The van der Waals surface area contributed by atoms with Crippen molar-refractivity contribution in [3.63, 3.8) is 0 Å². The molecular weight excluding hydrogens is 188 g/mol. The van der Waals surface area contributed by atoms with Crippen LogP contribution in [0.5, 0.6) is 0 Å². The quantitative estimate of drug-likeness (QED) is 0.795. The summed E-state index contributed by atoms with van der Waals surface area (Å²) in [7, 11) is 0. The van der Waals surface area contributed by atoms with E-state index >= 15 is 0 Å². The van der Waals surface area contributed by atoms with Gasteiger partial charge in [-0.15, -0.1) is 0 Å². The minimum atomic E-state index is -0.214. The Hall–Kier alpha value is -0.930. The molecule has 1 atom stereocenters. The Kier molecular flexibility index (Phi) is 2.76. The Balaban J connectivity index is 2.08. The average molecular weight is 206 g/mol. The molecule has 0 aromatic carbocycles. The highest BCUT2D eigenvalue weighted by Crippen LogP contribution is 2.29. The molecule has 2 rings (SSSR count). The van der Waals surface area contributed by atoms with Crippen molar-refractivity contribution >= 4 is 0 Å². The van der Waals surface area contributed by atoms with Crippen molar-refractivity contribution in [1.82, 2.24) is 9.88 Å². The molecule has 1 aromatic rings. The molecule has 1 aromatic heterocycles. The Bertz CT molecular complexity index is 324. The molecule has 0 spiro atoms. The van der Waals surface area contributed by atoms with Crippen LogP contribution in [0.25, 0.3) is 0 Å². The number of rotatable bonds is 2. The van der Waals surface area contributed by atoms with Gasteiger partial charge in [0.25, 0.3) is 0 Å². The Morgan fingerprint density at radius 3 is 2.93 bits per heavy atom. The molecule has 0 bridgehead atoms. The smallest absolute Gasteiger partial charge is 0.0730 e. The zero-order chi connectivity index (χ0) is 10.9. The van der Waals surface area contributed by atoms with E-state index in [-0.39, 0.29) is 11.6 Å². The van der Waals surface area contributed by atoms with Gasteiger partial charge in [-0.1, -0.05) is 6.07 Å². The number of pyridine rings is 1. The zero-order valence-corrected chi connectivity index (χ0v) is 9.35. The van der Waals surface area contributed by atoms with E-state index in [0.717, 1.165) is 19.5 Å². The molecule has 15 heavy (non-hydrogen) atoms. The van der Waals surface area contributed by atoms with E-state index < -0.39 is 0 Å². The fourth-order valence-electron chi connectivity index (χ4n) is 2.13. The number of hydrogen-bond donors (Lipinski definition) is 1. The highest BCUT2D eigenvalue weighted by atomic mass is 16.3. The lowest BCUT2D eigenvalue weighted by molar-refractivity contribution is 0.0506. The second-order valence-corrected chi connectivity index (χ2v) is 4.74. The van der Waals surface area contributed by atoms with Gasteiger partial charge in [0.15, 0.2) is 0 Å². The van der Waals surface area contributed by atoms with Crippen LogP contribution in [0.2, 0.25) is 0 Å². The van der Waals surface area contributed by atoms with Crippen molar-refractivity contribution in [2.24, 2.45) is 0 Å². The predicted octanol–water partition coefficient (Wildman–Crippen LogP) is 1.43. The molecule has 2 heterocycles. The summed E-state index contributed by atoms with van der Waals surface area (Å²) in [4.78, 5) is 6.42. The number of aromatic nitrogens is 1. The lowest BCUT2D eigenvalue weighted by Crippen LogP contribution is -2.44. The van der Waals surface area contributed by atoms with Crippen LogP contribution in [0.4, 0.5) is 0 Å². The van der Waals surface area contributed by atoms with Gasteiger partial charge in [-0.3, -0.25) is 9.88 Å². The van der Waals surface area contributed by atoms with Crippen molar-refractivity contribution in [3.05, 3.63) is 30.1 Å². The summed E-state index contributed by atoms with van der Waals surface area (Å²) in [5.41, 5.74) is 1.09. The summed E-state index contributed by atoms with van der Waals surface area (Å²) in [5, 5.41) is 9.85. The summed E-state index contributed by atoms with van der Waals surface area (Å²) < 4.78 is 0. The molecule has 1 unspecified atom stereocenters. The molecule has 1 aliphatic rings. The summed E-state index contributed by atoms with van der Waals surface area (Å²) in [6.45, 7) is 6.03. The van der Waals surface area contributed by atoms with Crippen molar-refractivity contribution in [2.75, 3.05) is 6.54 Å². The van der Waals surface area contributed by atoms with Crippen LogP contribution in [0.3, 0.4) is 0 Å². The second-order valence-electron chi connectivity index (χ2n) is 4.74. The summed E-state index contributed by atoms with van der Waals surface area (Å²) in [6, 6.07) is 4.03. The third-order valence-corrected chi connectivity index (χ3v) is 3.40. The zero-order valence-electron chi connectivity index (χ0n) is 9.35. The van der Waals surface area contributed by atoms with Crippen molar-refractivity contribution < 1.29 is 5.11 Å². The van der Waals surface area contributed by atoms with Crippen LogP contribution in [0.15, 0.2) is 24.5 Å². The highest BCUT2D eigenvalue weighted by Gasteiger charge is 2.39. The van der Waals surface area contributed by atoms with Gasteiger partial charge >= 0.3 is 0 Å². The maximum absolute atomic E-state index is 9.85. The molecule has 0 aliphatic carbocycles. The first-order valence-corrected chi connectivity index (χ1v) is 5.43. The largest absolute Gasteiger partial charge is 0.391 e. The van der Waals surface area contributed by atoms with E-state index in [1.54, 1.807) is 6.20 Å². The molecule has 1 N–H and O–H groups in total. The van der Waals surface area contributed by atoms with Crippen LogP contribution in [0, 0.1) is 0 Å². The molecule has 3 heteroatoms. The molecule has 1 fully saturated rings. The van der Waals surface area contributed by atoms with Gasteiger partial charge in [0.2, 0.25) is 0 Å². The number of aliphatic hydroxyl groups is 1. The minimum absolute atomic E-state index is 0.115. The van der Waals surface area contributed by atoms with Gasteiger partial charge in [-0.25, -0.2) is 0 Å². The van der Waals surface area contributed by atoms with Gasteiger partial charge in [-0.05, 0) is 31.9 Å². The van der Waals surface area contributed by atoms with Gasteiger partial charge in [0, 0.05) is 31.0 Å². The second kappa shape index (κ2) is 3.91. The van der Waals surface area contributed by atoms with Crippen LogP contribution in [-0.4, -0.2) is 33.2 Å². The van der Waals surface area contributed by atoms with Crippen molar-refractivity contribution in [3.8, 4) is 0 Å². The Morgan fingerprint density at radius 1 is 1.60 bits per heavy atom. The van der Waals surface area contributed by atoms with Crippen LogP contribution >= 0.6 is 0 Å². The number of likely N-dealkylation sites (tertiary alicyclic amines) is 1. The first-order valence-electron chi connectivity index (χ1n) is 5.43. The molecule has 3 nitrogen and oxygen atoms in total. The molecule has 0 amide bonds.